The van der Waals surface area contributed by atoms with Gasteiger partial charge < -0.3 is 14.8 Å². The van der Waals surface area contributed by atoms with Gasteiger partial charge in [-0.2, -0.15) is 0 Å². The highest BCUT2D eigenvalue weighted by atomic mass is 16.6. The molecule has 2 rings (SSSR count). The minimum absolute atomic E-state index is 0.107. The number of nitrogens with one attached hydrogen (secondary N) is 2. The molecule has 0 bridgehead atoms. The minimum Gasteiger partial charge on any atom is -0.373 e. The molecule has 4 heteroatoms. The minimum atomic E-state index is 0.107. The fraction of sp³-hybridized carbons (Fsp3) is 1.00. The molecule has 3 atom stereocenters. The molecule has 2 aliphatic rings. The van der Waals surface area contributed by atoms with E-state index >= 15 is 0 Å². The molecule has 2 aliphatic heterocycles. The van der Waals surface area contributed by atoms with Crippen LogP contribution in [0.2, 0.25) is 0 Å². The highest BCUT2D eigenvalue weighted by Gasteiger charge is 2.30. The normalized spacial score (nSPS) is 35.1. The van der Waals surface area contributed by atoms with Crippen molar-refractivity contribution >= 4 is 0 Å². The molecule has 0 spiro atoms. The summed E-state index contributed by atoms with van der Waals surface area (Å²) < 4.78 is 11.3. The Balaban J connectivity index is 1.65. The Kier molecular flexibility index (Phi) is 4.42. The first-order valence-corrected chi connectivity index (χ1v) is 6.75. The van der Waals surface area contributed by atoms with Crippen LogP contribution in [-0.4, -0.2) is 44.7 Å². The predicted octanol–water partition coefficient (Wildman–Crippen LogP) is 1.12. The van der Waals surface area contributed by atoms with Crippen LogP contribution >= 0.6 is 0 Å². The van der Waals surface area contributed by atoms with Crippen LogP contribution < -0.4 is 10.6 Å². The van der Waals surface area contributed by atoms with Crippen molar-refractivity contribution in [2.75, 3.05) is 26.3 Å². The second kappa shape index (κ2) is 5.65. The van der Waals surface area contributed by atoms with Crippen molar-refractivity contribution in [3.8, 4) is 0 Å². The van der Waals surface area contributed by atoms with Crippen LogP contribution in [0.5, 0.6) is 0 Å². The fourth-order valence-corrected chi connectivity index (χ4v) is 2.52. The van der Waals surface area contributed by atoms with Crippen LogP contribution in [0.25, 0.3) is 0 Å². The Labute approximate surface area is 104 Å². The molecular weight excluding hydrogens is 216 g/mol. The van der Waals surface area contributed by atoms with Gasteiger partial charge in [0, 0.05) is 19.1 Å². The van der Waals surface area contributed by atoms with Gasteiger partial charge in [-0.1, -0.05) is 20.8 Å². The summed E-state index contributed by atoms with van der Waals surface area (Å²) in [5.41, 5.74) is 0.348. The Morgan fingerprint density at radius 1 is 1.24 bits per heavy atom. The zero-order chi connectivity index (χ0) is 12.3. The van der Waals surface area contributed by atoms with E-state index in [0.29, 0.717) is 24.2 Å². The first-order chi connectivity index (χ1) is 8.05. The van der Waals surface area contributed by atoms with Gasteiger partial charge in [0.1, 0.15) is 6.23 Å². The maximum Gasteiger partial charge on any atom is 0.131 e. The lowest BCUT2D eigenvalue weighted by molar-refractivity contribution is -0.0405. The van der Waals surface area contributed by atoms with E-state index in [-0.39, 0.29) is 6.23 Å². The number of ether oxygens (including phenoxy) is 2. The summed E-state index contributed by atoms with van der Waals surface area (Å²) in [4.78, 5) is 0. The lowest BCUT2D eigenvalue weighted by Gasteiger charge is -2.38. The van der Waals surface area contributed by atoms with Crippen molar-refractivity contribution in [3.05, 3.63) is 0 Å². The molecule has 0 saturated carbocycles. The third-order valence-corrected chi connectivity index (χ3v) is 3.69. The van der Waals surface area contributed by atoms with Gasteiger partial charge >= 0.3 is 0 Å². The van der Waals surface area contributed by atoms with Crippen LogP contribution in [0.3, 0.4) is 0 Å². The molecule has 2 heterocycles. The van der Waals surface area contributed by atoms with Gasteiger partial charge in [-0.15, -0.1) is 0 Å². The van der Waals surface area contributed by atoms with Crippen molar-refractivity contribution in [3.63, 3.8) is 0 Å². The molecule has 2 N–H and O–H groups in total. The summed E-state index contributed by atoms with van der Waals surface area (Å²) in [6.07, 6.45) is 2.81. The van der Waals surface area contributed by atoms with Crippen molar-refractivity contribution in [2.24, 2.45) is 5.41 Å². The second-order valence-corrected chi connectivity index (χ2v) is 6.17. The van der Waals surface area contributed by atoms with E-state index in [9.17, 15) is 0 Å². The summed E-state index contributed by atoms with van der Waals surface area (Å²) >= 11 is 0. The molecule has 2 fully saturated rings. The summed E-state index contributed by atoms with van der Waals surface area (Å²) in [5.74, 6) is 0. The van der Waals surface area contributed by atoms with Gasteiger partial charge in [0.25, 0.3) is 0 Å². The Morgan fingerprint density at radius 2 is 2.06 bits per heavy atom. The zero-order valence-corrected chi connectivity index (χ0v) is 11.3. The Morgan fingerprint density at radius 3 is 2.59 bits per heavy atom. The van der Waals surface area contributed by atoms with E-state index in [1.54, 1.807) is 0 Å². The van der Waals surface area contributed by atoms with Gasteiger partial charge in [-0.3, -0.25) is 5.32 Å². The van der Waals surface area contributed by atoms with Crippen LogP contribution in [0.15, 0.2) is 0 Å². The summed E-state index contributed by atoms with van der Waals surface area (Å²) in [7, 11) is 0. The van der Waals surface area contributed by atoms with Crippen molar-refractivity contribution in [2.45, 2.75) is 52.0 Å². The van der Waals surface area contributed by atoms with Crippen LogP contribution in [0.4, 0.5) is 0 Å². The molecule has 3 unspecified atom stereocenters. The van der Waals surface area contributed by atoms with E-state index in [2.05, 4.69) is 31.4 Å². The number of rotatable bonds is 3. The Bertz CT molecular complexity index is 226. The molecule has 0 aromatic carbocycles. The van der Waals surface area contributed by atoms with Crippen molar-refractivity contribution < 1.29 is 9.47 Å². The Hall–Kier alpha value is -0.160. The third kappa shape index (κ3) is 3.91. The molecule has 17 heavy (non-hydrogen) atoms. The largest absolute Gasteiger partial charge is 0.373 e. The van der Waals surface area contributed by atoms with Gasteiger partial charge in [-0.05, 0) is 18.3 Å². The van der Waals surface area contributed by atoms with Gasteiger partial charge in [0.15, 0.2) is 0 Å². The third-order valence-electron chi connectivity index (χ3n) is 3.69. The van der Waals surface area contributed by atoms with E-state index in [1.165, 1.54) is 6.42 Å². The fourth-order valence-electron chi connectivity index (χ4n) is 2.52. The maximum absolute atomic E-state index is 5.88. The monoisotopic (exact) mass is 242 g/mol. The number of piperidine rings is 1. The first-order valence-electron chi connectivity index (χ1n) is 6.75. The highest BCUT2D eigenvalue weighted by Crippen LogP contribution is 2.26. The smallest absolute Gasteiger partial charge is 0.131 e. The van der Waals surface area contributed by atoms with Gasteiger partial charge in [-0.25, -0.2) is 0 Å². The lowest BCUT2D eigenvalue weighted by Crippen LogP contribution is -2.49. The zero-order valence-electron chi connectivity index (χ0n) is 11.3. The highest BCUT2D eigenvalue weighted by molar-refractivity contribution is 4.86. The first kappa shape index (κ1) is 13.3. The van der Waals surface area contributed by atoms with Crippen LogP contribution in [0.1, 0.15) is 33.6 Å². The van der Waals surface area contributed by atoms with E-state index in [1.807, 2.05) is 0 Å². The predicted molar refractivity (Wildman–Crippen MR) is 68.0 cm³/mol. The molecule has 0 aromatic rings. The number of hydrogen-bond donors (Lipinski definition) is 2. The summed E-state index contributed by atoms with van der Waals surface area (Å²) in [6, 6.07) is 0.614. The topological polar surface area (TPSA) is 42.5 Å². The van der Waals surface area contributed by atoms with Gasteiger partial charge in [0.2, 0.25) is 0 Å². The molecule has 4 nitrogen and oxygen atoms in total. The molecule has 0 aromatic heterocycles. The molecule has 0 amide bonds. The van der Waals surface area contributed by atoms with Crippen LogP contribution in [-0.2, 0) is 9.47 Å². The molecular formula is C13H26N2O2. The second-order valence-electron chi connectivity index (χ2n) is 6.17. The van der Waals surface area contributed by atoms with Crippen molar-refractivity contribution in [1.82, 2.24) is 10.6 Å². The average molecular weight is 242 g/mol. The molecule has 100 valence electrons. The van der Waals surface area contributed by atoms with E-state index in [4.69, 9.17) is 9.47 Å². The molecule has 2 saturated heterocycles. The standard InChI is InChI=1S/C13H26N2O2/c1-13(2,3)11-5-4-10(8-15-11)17-9-12-14-6-7-16-12/h10-12,14-15H,4-9H2,1-3H3. The molecule has 0 aliphatic carbocycles. The maximum atomic E-state index is 5.88. The van der Waals surface area contributed by atoms with Gasteiger partial charge in [0.05, 0.1) is 19.3 Å². The van der Waals surface area contributed by atoms with Crippen molar-refractivity contribution in [1.29, 1.82) is 0 Å². The lowest BCUT2D eigenvalue weighted by atomic mass is 9.81. The van der Waals surface area contributed by atoms with E-state index in [0.717, 1.165) is 26.1 Å². The van der Waals surface area contributed by atoms with E-state index < -0.39 is 0 Å². The van der Waals surface area contributed by atoms with Crippen LogP contribution in [0, 0.1) is 5.41 Å². The summed E-state index contributed by atoms with van der Waals surface area (Å²) in [5, 5.41) is 6.86. The quantitative estimate of drug-likeness (QED) is 0.778. The summed E-state index contributed by atoms with van der Waals surface area (Å²) in [6.45, 7) is 10.3. The SMILES string of the molecule is CC(C)(C)C1CCC(OCC2NCCO2)CN1. The average Bonchev–Trinajstić information content (AvgIpc) is 2.78. The number of hydrogen-bond acceptors (Lipinski definition) is 4. The molecule has 0 radical (unpaired) electrons.